The Morgan fingerprint density at radius 3 is 2.88 bits per heavy atom. The monoisotopic (exact) mass is 252 g/mol. The van der Waals surface area contributed by atoms with Crippen LogP contribution in [0.2, 0.25) is 0 Å². The molecule has 2 aromatic rings. The fourth-order valence-corrected chi connectivity index (χ4v) is 3.25. The summed E-state index contributed by atoms with van der Waals surface area (Å²) < 4.78 is 0. The van der Waals surface area contributed by atoms with Crippen molar-refractivity contribution < 1.29 is 0 Å². The fraction of sp³-hybridized carbons (Fsp3) is 0.417. The second-order valence-corrected chi connectivity index (χ2v) is 6.12. The van der Waals surface area contributed by atoms with Crippen molar-refractivity contribution in [1.29, 1.82) is 0 Å². The highest BCUT2D eigenvalue weighted by molar-refractivity contribution is 7.21. The molecule has 0 aliphatic heterocycles. The zero-order valence-corrected chi connectivity index (χ0v) is 11.3. The minimum atomic E-state index is 0.940. The van der Waals surface area contributed by atoms with E-state index in [1.54, 1.807) is 11.3 Å². The Labute approximate surface area is 104 Å². The summed E-state index contributed by atoms with van der Waals surface area (Å²) in [6.45, 7) is 6.33. The Morgan fingerprint density at radius 2 is 2.19 bits per heavy atom. The Bertz CT molecular complexity index is 445. The van der Waals surface area contributed by atoms with Crippen molar-refractivity contribution in [2.24, 2.45) is 0 Å². The number of hydrogen-bond donors (Lipinski definition) is 1. The van der Waals surface area contributed by atoms with E-state index in [-0.39, 0.29) is 0 Å². The molecule has 86 valence electrons. The first-order valence-electron chi connectivity index (χ1n) is 5.52. The summed E-state index contributed by atoms with van der Waals surface area (Å²) in [4.78, 5) is 8.41. The van der Waals surface area contributed by atoms with Crippen molar-refractivity contribution in [3.8, 4) is 9.88 Å². The molecule has 2 rings (SSSR count). The first-order chi connectivity index (χ1) is 7.79. The van der Waals surface area contributed by atoms with Crippen LogP contribution in [-0.4, -0.2) is 11.5 Å². The lowest BCUT2D eigenvalue weighted by Crippen LogP contribution is -2.12. The largest absolute Gasteiger partial charge is 0.312 e. The summed E-state index contributed by atoms with van der Waals surface area (Å²) in [6.07, 6.45) is 3.16. The van der Waals surface area contributed by atoms with Crippen molar-refractivity contribution in [2.75, 3.05) is 6.54 Å². The van der Waals surface area contributed by atoms with Crippen LogP contribution in [0.3, 0.4) is 0 Å². The van der Waals surface area contributed by atoms with Gasteiger partial charge in [-0.3, -0.25) is 0 Å². The van der Waals surface area contributed by atoms with Crippen molar-refractivity contribution in [3.05, 3.63) is 28.1 Å². The number of aromatic nitrogens is 1. The molecule has 0 radical (unpaired) electrons. The maximum absolute atomic E-state index is 4.47. The molecule has 16 heavy (non-hydrogen) atoms. The third kappa shape index (κ3) is 2.90. The number of nitrogens with one attached hydrogen (secondary N) is 1. The fourth-order valence-electron chi connectivity index (χ4n) is 1.44. The molecule has 0 fully saturated rings. The molecule has 2 aromatic heterocycles. The van der Waals surface area contributed by atoms with Gasteiger partial charge in [0.25, 0.3) is 0 Å². The molecule has 0 unspecified atom stereocenters. The second-order valence-electron chi connectivity index (χ2n) is 3.72. The molecule has 0 aromatic carbocycles. The van der Waals surface area contributed by atoms with E-state index >= 15 is 0 Å². The zero-order chi connectivity index (χ0) is 11.4. The summed E-state index contributed by atoms with van der Waals surface area (Å²) in [5.74, 6) is 0. The average Bonchev–Trinajstić information content (AvgIpc) is 2.87. The summed E-state index contributed by atoms with van der Waals surface area (Å²) in [6, 6.07) is 4.30. The smallest absolute Gasteiger partial charge is 0.133 e. The van der Waals surface area contributed by atoms with E-state index in [9.17, 15) is 0 Å². The van der Waals surface area contributed by atoms with Gasteiger partial charge in [-0.2, -0.15) is 0 Å². The molecule has 0 atom stereocenters. The highest BCUT2D eigenvalue weighted by atomic mass is 32.1. The number of hydrogen-bond acceptors (Lipinski definition) is 4. The van der Waals surface area contributed by atoms with Crippen molar-refractivity contribution in [2.45, 2.75) is 26.8 Å². The average molecular weight is 252 g/mol. The third-order valence-corrected chi connectivity index (χ3v) is 4.40. The van der Waals surface area contributed by atoms with E-state index in [4.69, 9.17) is 0 Å². The first kappa shape index (κ1) is 11.8. The van der Waals surface area contributed by atoms with Gasteiger partial charge in [0, 0.05) is 22.5 Å². The van der Waals surface area contributed by atoms with Crippen molar-refractivity contribution in [1.82, 2.24) is 10.3 Å². The van der Waals surface area contributed by atoms with Crippen LogP contribution in [-0.2, 0) is 6.54 Å². The number of thiazole rings is 1. The predicted octanol–water partition coefficient (Wildman–Crippen LogP) is 3.68. The molecular formula is C12H16N2S2. The Kier molecular flexibility index (Phi) is 4.09. The predicted molar refractivity (Wildman–Crippen MR) is 72.2 cm³/mol. The molecule has 0 aliphatic carbocycles. The van der Waals surface area contributed by atoms with E-state index in [2.05, 4.69) is 36.3 Å². The Hall–Kier alpha value is -0.710. The molecule has 0 amide bonds. The molecule has 0 aliphatic rings. The van der Waals surface area contributed by atoms with Gasteiger partial charge < -0.3 is 5.32 Å². The Morgan fingerprint density at radius 1 is 1.31 bits per heavy atom. The van der Waals surface area contributed by atoms with Gasteiger partial charge in [0.2, 0.25) is 0 Å². The Balaban J connectivity index is 2.02. The van der Waals surface area contributed by atoms with Crippen molar-refractivity contribution >= 4 is 22.7 Å². The van der Waals surface area contributed by atoms with Crippen LogP contribution in [0.5, 0.6) is 0 Å². The van der Waals surface area contributed by atoms with Gasteiger partial charge in [-0.25, -0.2) is 4.98 Å². The van der Waals surface area contributed by atoms with Gasteiger partial charge in [0.15, 0.2) is 0 Å². The van der Waals surface area contributed by atoms with Gasteiger partial charge in [0.05, 0.1) is 4.88 Å². The summed E-state index contributed by atoms with van der Waals surface area (Å²) >= 11 is 3.60. The number of nitrogens with zero attached hydrogens (tertiary/aromatic N) is 1. The van der Waals surface area contributed by atoms with E-state index in [1.165, 1.54) is 21.1 Å². The maximum Gasteiger partial charge on any atom is 0.133 e. The van der Waals surface area contributed by atoms with Crippen molar-refractivity contribution in [3.63, 3.8) is 0 Å². The lowest BCUT2D eigenvalue weighted by atomic mass is 10.4. The second kappa shape index (κ2) is 5.57. The lowest BCUT2D eigenvalue weighted by Gasteiger charge is -1.97. The SMILES string of the molecule is CCCNCc1cnc(-c2ccc(C)s2)s1. The van der Waals surface area contributed by atoms with E-state index < -0.39 is 0 Å². The zero-order valence-electron chi connectivity index (χ0n) is 9.62. The van der Waals surface area contributed by atoms with Crippen LogP contribution < -0.4 is 5.32 Å². The van der Waals surface area contributed by atoms with Gasteiger partial charge >= 0.3 is 0 Å². The number of rotatable bonds is 5. The molecular weight excluding hydrogens is 236 g/mol. The number of thiophene rings is 1. The number of aryl methyl sites for hydroxylation is 1. The minimum absolute atomic E-state index is 0.940. The molecule has 1 N–H and O–H groups in total. The van der Waals surface area contributed by atoms with Gasteiger partial charge in [0.1, 0.15) is 5.01 Å². The van der Waals surface area contributed by atoms with Crippen LogP contribution >= 0.6 is 22.7 Å². The topological polar surface area (TPSA) is 24.9 Å². The van der Waals surface area contributed by atoms with Gasteiger partial charge in [-0.05, 0) is 32.0 Å². The van der Waals surface area contributed by atoms with Crippen LogP contribution in [0.1, 0.15) is 23.1 Å². The van der Waals surface area contributed by atoms with E-state index in [0.717, 1.165) is 18.1 Å². The van der Waals surface area contributed by atoms with Crippen LogP contribution in [0.25, 0.3) is 9.88 Å². The van der Waals surface area contributed by atoms with E-state index in [0.29, 0.717) is 0 Å². The minimum Gasteiger partial charge on any atom is -0.312 e. The standard InChI is InChI=1S/C12H16N2S2/c1-3-6-13-7-10-8-14-12(16-10)11-5-4-9(2)15-11/h4-5,8,13H,3,6-7H2,1-2H3. The molecule has 0 saturated heterocycles. The lowest BCUT2D eigenvalue weighted by molar-refractivity contribution is 0.681. The van der Waals surface area contributed by atoms with Crippen LogP contribution in [0.15, 0.2) is 18.3 Å². The normalized spacial score (nSPS) is 10.9. The molecule has 2 heterocycles. The maximum atomic E-state index is 4.47. The third-order valence-electron chi connectivity index (χ3n) is 2.23. The van der Waals surface area contributed by atoms with E-state index in [1.807, 2.05) is 17.5 Å². The molecule has 2 nitrogen and oxygen atoms in total. The van der Waals surface area contributed by atoms with Crippen LogP contribution in [0.4, 0.5) is 0 Å². The van der Waals surface area contributed by atoms with Gasteiger partial charge in [-0.1, -0.05) is 6.92 Å². The summed E-state index contributed by atoms with van der Waals surface area (Å²) in [5.41, 5.74) is 0. The molecule has 0 saturated carbocycles. The van der Waals surface area contributed by atoms with Gasteiger partial charge in [-0.15, -0.1) is 22.7 Å². The summed E-state index contributed by atoms with van der Waals surface area (Å²) in [5, 5.41) is 4.54. The summed E-state index contributed by atoms with van der Waals surface area (Å²) in [7, 11) is 0. The highest BCUT2D eigenvalue weighted by Gasteiger charge is 2.06. The quantitative estimate of drug-likeness (QED) is 0.821. The molecule has 0 spiro atoms. The van der Waals surface area contributed by atoms with Crippen LogP contribution in [0, 0.1) is 6.92 Å². The molecule has 4 heteroatoms. The molecule has 0 bridgehead atoms. The first-order valence-corrected chi connectivity index (χ1v) is 7.15. The highest BCUT2D eigenvalue weighted by Crippen LogP contribution is 2.30.